The molecule has 6 heteroatoms. The maximum absolute atomic E-state index is 12.7. The Bertz CT molecular complexity index is 1010. The van der Waals surface area contributed by atoms with Crippen molar-refractivity contribution in [2.45, 2.75) is 25.2 Å². The second-order valence-electron chi connectivity index (χ2n) is 5.15. The SMILES string of the molecule is CCc1c(C)[nH]n(S(=O)(=O)c2ccc3ccccc3c2)c1=O. The van der Waals surface area contributed by atoms with E-state index >= 15 is 0 Å². The largest absolute Gasteiger partial charge is 0.285 e. The van der Waals surface area contributed by atoms with E-state index in [-0.39, 0.29) is 4.90 Å². The summed E-state index contributed by atoms with van der Waals surface area (Å²) < 4.78 is 26.2. The molecule has 2 aromatic carbocycles. The molecular weight excluding hydrogens is 300 g/mol. The number of fused-ring (bicyclic) bond motifs is 1. The second kappa shape index (κ2) is 5.14. The van der Waals surface area contributed by atoms with Crippen LogP contribution in [0.1, 0.15) is 18.2 Å². The van der Waals surface area contributed by atoms with E-state index in [2.05, 4.69) is 5.10 Å². The van der Waals surface area contributed by atoms with Crippen LogP contribution in [-0.2, 0) is 16.4 Å². The quantitative estimate of drug-likeness (QED) is 0.806. The van der Waals surface area contributed by atoms with Crippen LogP contribution in [0, 0.1) is 6.92 Å². The van der Waals surface area contributed by atoms with Gasteiger partial charge >= 0.3 is 0 Å². The van der Waals surface area contributed by atoms with E-state index in [4.69, 9.17) is 0 Å². The van der Waals surface area contributed by atoms with Gasteiger partial charge in [-0.15, -0.1) is 4.09 Å². The van der Waals surface area contributed by atoms with Crippen LogP contribution in [0.25, 0.3) is 10.8 Å². The summed E-state index contributed by atoms with van der Waals surface area (Å²) in [5.41, 5.74) is 0.564. The number of nitrogens with zero attached hydrogens (tertiary/aromatic N) is 1. The standard InChI is InChI=1S/C16H16N2O3S/c1-3-15-11(2)17-18(16(15)19)22(20,21)14-9-8-12-6-4-5-7-13(12)10-14/h4-10,17H,3H2,1-2H3. The molecule has 0 saturated heterocycles. The maximum atomic E-state index is 12.7. The summed E-state index contributed by atoms with van der Waals surface area (Å²) in [5.74, 6) is 0. The monoisotopic (exact) mass is 316 g/mol. The van der Waals surface area contributed by atoms with E-state index in [9.17, 15) is 13.2 Å². The van der Waals surface area contributed by atoms with Crippen molar-refractivity contribution in [3.63, 3.8) is 0 Å². The lowest BCUT2D eigenvalue weighted by Crippen LogP contribution is -2.26. The number of hydrogen-bond acceptors (Lipinski definition) is 3. The van der Waals surface area contributed by atoms with E-state index in [0.29, 0.717) is 17.7 Å². The third-order valence-corrected chi connectivity index (χ3v) is 5.36. The van der Waals surface area contributed by atoms with Crippen molar-refractivity contribution in [1.29, 1.82) is 0 Å². The van der Waals surface area contributed by atoms with Crippen LogP contribution in [0.5, 0.6) is 0 Å². The summed E-state index contributed by atoms with van der Waals surface area (Å²) in [6.45, 7) is 3.53. The minimum absolute atomic E-state index is 0.0946. The fourth-order valence-corrected chi connectivity index (χ4v) is 3.88. The maximum Gasteiger partial charge on any atom is 0.284 e. The van der Waals surface area contributed by atoms with Gasteiger partial charge in [-0.2, -0.15) is 8.42 Å². The second-order valence-corrected chi connectivity index (χ2v) is 6.94. The number of aromatic amines is 1. The molecule has 3 aromatic rings. The van der Waals surface area contributed by atoms with Crippen LogP contribution in [0.3, 0.4) is 0 Å². The van der Waals surface area contributed by atoms with E-state index in [0.717, 1.165) is 14.9 Å². The summed E-state index contributed by atoms with van der Waals surface area (Å²) in [6, 6.07) is 12.3. The van der Waals surface area contributed by atoms with Crippen LogP contribution in [0.2, 0.25) is 0 Å². The van der Waals surface area contributed by atoms with Gasteiger partial charge in [0.15, 0.2) is 0 Å². The van der Waals surface area contributed by atoms with Crippen molar-refractivity contribution in [2.24, 2.45) is 0 Å². The first kappa shape index (κ1) is 14.6. The third-order valence-electron chi connectivity index (χ3n) is 3.78. The Morgan fingerprint density at radius 2 is 1.77 bits per heavy atom. The fourth-order valence-electron chi connectivity index (χ4n) is 2.57. The average molecular weight is 316 g/mol. The van der Waals surface area contributed by atoms with Gasteiger partial charge in [-0.3, -0.25) is 9.89 Å². The highest BCUT2D eigenvalue weighted by Crippen LogP contribution is 2.20. The Balaban J connectivity index is 2.22. The first-order valence-corrected chi connectivity index (χ1v) is 8.44. The molecule has 5 nitrogen and oxygen atoms in total. The molecule has 3 rings (SSSR count). The number of H-pyrrole nitrogens is 1. The average Bonchev–Trinajstić information content (AvgIpc) is 2.81. The highest BCUT2D eigenvalue weighted by molar-refractivity contribution is 7.89. The van der Waals surface area contributed by atoms with Gasteiger partial charge in [0.1, 0.15) is 0 Å². The van der Waals surface area contributed by atoms with E-state index in [1.807, 2.05) is 31.2 Å². The van der Waals surface area contributed by atoms with Crippen LogP contribution in [0.15, 0.2) is 52.2 Å². The highest BCUT2D eigenvalue weighted by Gasteiger charge is 2.22. The number of aromatic nitrogens is 2. The van der Waals surface area contributed by atoms with Gasteiger partial charge in [-0.05, 0) is 36.2 Å². The third kappa shape index (κ3) is 2.16. The number of aryl methyl sites for hydroxylation is 1. The molecule has 0 unspecified atom stereocenters. The lowest BCUT2D eigenvalue weighted by Gasteiger charge is -2.06. The van der Waals surface area contributed by atoms with Crippen molar-refractivity contribution in [3.8, 4) is 0 Å². The van der Waals surface area contributed by atoms with Gasteiger partial charge in [-0.25, -0.2) is 0 Å². The van der Waals surface area contributed by atoms with Gasteiger partial charge in [-0.1, -0.05) is 37.3 Å². The zero-order chi connectivity index (χ0) is 15.9. The van der Waals surface area contributed by atoms with Crippen molar-refractivity contribution in [1.82, 2.24) is 9.19 Å². The summed E-state index contributed by atoms with van der Waals surface area (Å²) in [7, 11) is -3.92. The first-order valence-electron chi connectivity index (χ1n) is 7.00. The van der Waals surface area contributed by atoms with Crippen LogP contribution in [-0.4, -0.2) is 17.6 Å². The summed E-state index contributed by atoms with van der Waals surface area (Å²) >= 11 is 0. The highest BCUT2D eigenvalue weighted by atomic mass is 32.2. The zero-order valence-electron chi connectivity index (χ0n) is 12.3. The summed E-state index contributed by atoms with van der Waals surface area (Å²) in [5, 5.41) is 4.43. The number of benzene rings is 2. The lowest BCUT2D eigenvalue weighted by molar-refractivity contribution is 0.577. The molecule has 1 heterocycles. The summed E-state index contributed by atoms with van der Waals surface area (Å²) in [4.78, 5) is 12.4. The van der Waals surface area contributed by atoms with Crippen molar-refractivity contribution >= 4 is 20.8 Å². The lowest BCUT2D eigenvalue weighted by atomic mass is 10.1. The van der Waals surface area contributed by atoms with E-state index in [1.54, 1.807) is 19.1 Å². The normalized spacial score (nSPS) is 11.9. The molecule has 1 N–H and O–H groups in total. The molecule has 22 heavy (non-hydrogen) atoms. The number of rotatable bonds is 3. The molecule has 0 aliphatic carbocycles. The molecule has 0 amide bonds. The predicted octanol–water partition coefficient (Wildman–Crippen LogP) is 2.44. The molecule has 1 aromatic heterocycles. The molecule has 0 atom stereocenters. The molecule has 0 aliphatic rings. The zero-order valence-corrected chi connectivity index (χ0v) is 13.1. The Hall–Kier alpha value is -2.34. The molecular formula is C16H16N2O3S. The Labute approximate surface area is 128 Å². The molecule has 0 spiro atoms. The van der Waals surface area contributed by atoms with Crippen molar-refractivity contribution in [3.05, 3.63) is 64.1 Å². The van der Waals surface area contributed by atoms with Crippen LogP contribution >= 0.6 is 0 Å². The Morgan fingerprint density at radius 3 is 2.41 bits per heavy atom. The number of nitrogens with one attached hydrogen (secondary N) is 1. The van der Waals surface area contributed by atoms with Crippen molar-refractivity contribution < 1.29 is 8.42 Å². The van der Waals surface area contributed by atoms with Gasteiger partial charge in [0.2, 0.25) is 0 Å². The first-order chi connectivity index (χ1) is 10.4. The van der Waals surface area contributed by atoms with Gasteiger partial charge < -0.3 is 0 Å². The molecule has 0 fully saturated rings. The van der Waals surface area contributed by atoms with Crippen LogP contribution in [0.4, 0.5) is 0 Å². The molecule has 0 bridgehead atoms. The molecule has 0 saturated carbocycles. The minimum Gasteiger partial charge on any atom is -0.285 e. The summed E-state index contributed by atoms with van der Waals surface area (Å²) in [6.07, 6.45) is 0.488. The van der Waals surface area contributed by atoms with E-state index in [1.165, 1.54) is 6.07 Å². The van der Waals surface area contributed by atoms with Gasteiger partial charge in [0, 0.05) is 11.3 Å². The predicted molar refractivity (Wildman–Crippen MR) is 85.7 cm³/mol. The topological polar surface area (TPSA) is 71.9 Å². The molecule has 0 aliphatic heterocycles. The molecule has 0 radical (unpaired) electrons. The van der Waals surface area contributed by atoms with Crippen LogP contribution < -0.4 is 5.56 Å². The fraction of sp³-hybridized carbons (Fsp3) is 0.188. The van der Waals surface area contributed by atoms with E-state index < -0.39 is 15.6 Å². The van der Waals surface area contributed by atoms with Gasteiger partial charge in [0.05, 0.1) is 4.90 Å². The van der Waals surface area contributed by atoms with Crippen molar-refractivity contribution in [2.75, 3.05) is 0 Å². The smallest absolute Gasteiger partial charge is 0.284 e. The number of hydrogen-bond donors (Lipinski definition) is 1. The van der Waals surface area contributed by atoms with Gasteiger partial charge in [0.25, 0.3) is 15.6 Å². The molecule has 114 valence electrons. The Morgan fingerprint density at radius 1 is 1.09 bits per heavy atom. The Kier molecular flexibility index (Phi) is 3.41. The minimum atomic E-state index is -3.92.